The predicted octanol–water partition coefficient (Wildman–Crippen LogP) is 3.13. The minimum absolute atomic E-state index is 0.00810. The van der Waals surface area contributed by atoms with Crippen molar-refractivity contribution < 1.29 is 4.74 Å². The molecule has 0 saturated carbocycles. The molecular weight excluding hydrogens is 265 g/mol. The van der Waals surface area contributed by atoms with Crippen LogP contribution in [-0.4, -0.2) is 6.61 Å². The molecule has 0 amide bonds. The van der Waals surface area contributed by atoms with Crippen LogP contribution in [0.3, 0.4) is 0 Å². The number of hydrogen-bond acceptors (Lipinski definition) is 2. The van der Waals surface area contributed by atoms with Gasteiger partial charge in [0.2, 0.25) is 0 Å². The largest absolute Gasteiger partial charge is 0.492 e. The summed E-state index contributed by atoms with van der Waals surface area (Å²) in [6, 6.07) is 3.71. The van der Waals surface area contributed by atoms with Crippen LogP contribution in [0, 0.1) is 5.92 Å². The van der Waals surface area contributed by atoms with Gasteiger partial charge in [-0.05, 0) is 28.1 Å². The topological polar surface area (TPSA) is 35.2 Å². The van der Waals surface area contributed by atoms with E-state index in [1.165, 1.54) is 0 Å². The molecule has 2 N–H and O–H groups in total. The van der Waals surface area contributed by atoms with E-state index in [0.29, 0.717) is 17.5 Å². The zero-order valence-corrected chi connectivity index (χ0v) is 10.1. The predicted molar refractivity (Wildman–Crippen MR) is 60.7 cm³/mol. The Morgan fingerprint density at radius 3 is 3.00 bits per heavy atom. The van der Waals surface area contributed by atoms with Crippen LogP contribution in [0.2, 0.25) is 5.02 Å². The lowest BCUT2D eigenvalue weighted by Crippen LogP contribution is -2.29. The average Bonchev–Trinajstić information content (AvgIpc) is 2.12. The fourth-order valence-electron chi connectivity index (χ4n) is 1.61. The number of fused-ring (bicyclic) bond motifs is 1. The van der Waals surface area contributed by atoms with Gasteiger partial charge in [-0.25, -0.2) is 0 Å². The lowest BCUT2D eigenvalue weighted by molar-refractivity contribution is 0.206. The minimum atomic E-state index is 0.00810. The third-order valence-corrected chi connectivity index (χ3v) is 3.31. The molecule has 76 valence electrons. The van der Waals surface area contributed by atoms with Crippen molar-refractivity contribution in [1.29, 1.82) is 0 Å². The van der Waals surface area contributed by atoms with E-state index in [2.05, 4.69) is 22.9 Å². The summed E-state index contributed by atoms with van der Waals surface area (Å²) in [7, 11) is 0. The van der Waals surface area contributed by atoms with Crippen LogP contribution in [0.15, 0.2) is 16.6 Å². The van der Waals surface area contributed by atoms with E-state index in [1.807, 2.05) is 12.1 Å². The molecule has 0 saturated heterocycles. The summed E-state index contributed by atoms with van der Waals surface area (Å²) in [5.41, 5.74) is 7.06. The highest BCUT2D eigenvalue weighted by molar-refractivity contribution is 9.10. The lowest BCUT2D eigenvalue weighted by Gasteiger charge is -2.29. The Balaban J connectivity index is 2.54. The van der Waals surface area contributed by atoms with Gasteiger partial charge in [0.05, 0.1) is 11.1 Å². The van der Waals surface area contributed by atoms with E-state index in [0.717, 1.165) is 15.8 Å². The molecule has 14 heavy (non-hydrogen) atoms. The Morgan fingerprint density at radius 1 is 1.57 bits per heavy atom. The first-order valence-corrected chi connectivity index (χ1v) is 5.64. The molecule has 1 heterocycles. The lowest BCUT2D eigenvalue weighted by atomic mass is 9.93. The Morgan fingerprint density at radius 2 is 2.29 bits per heavy atom. The van der Waals surface area contributed by atoms with Crippen LogP contribution in [0.1, 0.15) is 18.5 Å². The first-order chi connectivity index (χ1) is 6.59. The molecule has 1 aromatic rings. The molecule has 2 atom stereocenters. The van der Waals surface area contributed by atoms with E-state index in [1.54, 1.807) is 0 Å². The first kappa shape index (κ1) is 10.3. The van der Waals surface area contributed by atoms with Crippen molar-refractivity contribution >= 4 is 27.5 Å². The van der Waals surface area contributed by atoms with Crippen LogP contribution in [-0.2, 0) is 0 Å². The van der Waals surface area contributed by atoms with E-state index in [4.69, 9.17) is 22.1 Å². The fraction of sp³-hybridized carbons (Fsp3) is 0.400. The Hall–Kier alpha value is -0.250. The van der Waals surface area contributed by atoms with Gasteiger partial charge in [0.1, 0.15) is 5.75 Å². The second-order valence-corrected chi connectivity index (χ2v) is 4.91. The third kappa shape index (κ3) is 1.64. The first-order valence-electron chi connectivity index (χ1n) is 4.47. The third-order valence-electron chi connectivity index (χ3n) is 2.50. The molecule has 2 nitrogen and oxygen atoms in total. The quantitative estimate of drug-likeness (QED) is 0.790. The average molecular weight is 277 g/mol. The van der Waals surface area contributed by atoms with Gasteiger partial charge >= 0.3 is 0 Å². The van der Waals surface area contributed by atoms with E-state index >= 15 is 0 Å². The summed E-state index contributed by atoms with van der Waals surface area (Å²) < 4.78 is 6.48. The minimum Gasteiger partial charge on any atom is -0.492 e. The molecule has 0 radical (unpaired) electrons. The maximum absolute atomic E-state index is 6.07. The number of hydrogen-bond donors (Lipinski definition) is 1. The molecule has 1 aromatic carbocycles. The van der Waals surface area contributed by atoms with Gasteiger partial charge in [-0.3, -0.25) is 0 Å². The number of ether oxygens (including phenoxy) is 1. The van der Waals surface area contributed by atoms with Crippen molar-refractivity contribution in [1.82, 2.24) is 0 Å². The van der Waals surface area contributed by atoms with Crippen LogP contribution < -0.4 is 10.5 Å². The van der Waals surface area contributed by atoms with Crippen molar-refractivity contribution in [3.63, 3.8) is 0 Å². The van der Waals surface area contributed by atoms with E-state index in [9.17, 15) is 0 Å². The summed E-state index contributed by atoms with van der Waals surface area (Å²) in [5, 5.41) is 0.684. The number of benzene rings is 1. The van der Waals surface area contributed by atoms with Gasteiger partial charge in [-0.15, -0.1) is 0 Å². The highest BCUT2D eigenvalue weighted by Crippen LogP contribution is 2.40. The van der Waals surface area contributed by atoms with Gasteiger partial charge in [0, 0.05) is 22.5 Å². The van der Waals surface area contributed by atoms with Crippen LogP contribution in [0.5, 0.6) is 5.75 Å². The molecule has 0 aliphatic carbocycles. The number of halogens is 2. The standard InChI is InChI=1S/C10H11BrClNO/c1-5-4-14-10-7(9(5)13)2-6(12)3-8(10)11/h2-3,5,9H,4,13H2,1H3. The molecule has 0 aromatic heterocycles. The highest BCUT2D eigenvalue weighted by atomic mass is 79.9. The number of nitrogens with two attached hydrogens (primary N) is 1. The zero-order valence-electron chi connectivity index (χ0n) is 7.76. The highest BCUT2D eigenvalue weighted by Gasteiger charge is 2.26. The van der Waals surface area contributed by atoms with Crippen molar-refractivity contribution in [3.05, 3.63) is 27.2 Å². The molecule has 0 fully saturated rings. The van der Waals surface area contributed by atoms with Gasteiger partial charge < -0.3 is 10.5 Å². The van der Waals surface area contributed by atoms with Gasteiger partial charge in [-0.2, -0.15) is 0 Å². The monoisotopic (exact) mass is 275 g/mol. The van der Waals surface area contributed by atoms with Crippen molar-refractivity contribution in [2.75, 3.05) is 6.61 Å². The SMILES string of the molecule is CC1COc2c(Br)cc(Cl)cc2C1N. The fourth-order valence-corrected chi connectivity index (χ4v) is 2.55. The molecule has 2 unspecified atom stereocenters. The van der Waals surface area contributed by atoms with Crippen molar-refractivity contribution in [2.45, 2.75) is 13.0 Å². The molecule has 2 rings (SSSR count). The Kier molecular flexibility index (Phi) is 2.73. The van der Waals surface area contributed by atoms with Crippen LogP contribution in [0.4, 0.5) is 0 Å². The maximum Gasteiger partial charge on any atom is 0.138 e. The van der Waals surface area contributed by atoms with E-state index < -0.39 is 0 Å². The normalized spacial score (nSPS) is 25.4. The van der Waals surface area contributed by atoms with E-state index in [-0.39, 0.29) is 6.04 Å². The van der Waals surface area contributed by atoms with Crippen LogP contribution >= 0.6 is 27.5 Å². The molecular formula is C10H11BrClNO. The summed E-state index contributed by atoms with van der Waals surface area (Å²) in [6.07, 6.45) is 0. The molecule has 1 aliphatic heterocycles. The summed E-state index contributed by atoms with van der Waals surface area (Å²) >= 11 is 9.37. The maximum atomic E-state index is 6.07. The molecule has 1 aliphatic rings. The Labute approximate surface area is 96.5 Å². The second-order valence-electron chi connectivity index (χ2n) is 3.62. The Bertz CT molecular complexity index is 369. The van der Waals surface area contributed by atoms with Gasteiger partial charge in [-0.1, -0.05) is 18.5 Å². The van der Waals surface area contributed by atoms with Crippen LogP contribution in [0.25, 0.3) is 0 Å². The van der Waals surface area contributed by atoms with Crippen molar-refractivity contribution in [2.24, 2.45) is 11.7 Å². The zero-order chi connectivity index (χ0) is 10.3. The van der Waals surface area contributed by atoms with Gasteiger partial charge in [0.15, 0.2) is 0 Å². The summed E-state index contributed by atoms with van der Waals surface area (Å²) in [4.78, 5) is 0. The molecule has 0 bridgehead atoms. The van der Waals surface area contributed by atoms with Gasteiger partial charge in [0.25, 0.3) is 0 Å². The smallest absolute Gasteiger partial charge is 0.138 e. The summed E-state index contributed by atoms with van der Waals surface area (Å²) in [6.45, 7) is 2.73. The number of rotatable bonds is 0. The molecule has 0 spiro atoms. The van der Waals surface area contributed by atoms with Crippen molar-refractivity contribution in [3.8, 4) is 5.75 Å². The summed E-state index contributed by atoms with van der Waals surface area (Å²) in [5.74, 6) is 1.16. The second kappa shape index (κ2) is 3.72. The molecule has 4 heteroatoms.